The van der Waals surface area contributed by atoms with Gasteiger partial charge in [0.2, 0.25) is 0 Å². The molecule has 0 fully saturated rings. The molecule has 0 bridgehead atoms. The molecule has 30 heavy (non-hydrogen) atoms. The van der Waals surface area contributed by atoms with Gasteiger partial charge in [-0.1, -0.05) is 29.8 Å². The summed E-state index contributed by atoms with van der Waals surface area (Å²) in [6.45, 7) is 4.65. The van der Waals surface area contributed by atoms with E-state index in [-0.39, 0.29) is 29.9 Å². The highest BCUT2D eigenvalue weighted by atomic mass is 127. The highest BCUT2D eigenvalue weighted by Crippen LogP contribution is 2.16. The third kappa shape index (κ3) is 8.79. The summed E-state index contributed by atoms with van der Waals surface area (Å²) in [5.74, 6) is 1.50. The summed E-state index contributed by atoms with van der Waals surface area (Å²) in [5.41, 5.74) is 1.74. The van der Waals surface area contributed by atoms with Crippen molar-refractivity contribution in [3.8, 4) is 5.75 Å². The fourth-order valence-electron chi connectivity index (χ4n) is 2.74. The monoisotopic (exact) mass is 544 g/mol. The Morgan fingerprint density at radius 3 is 2.67 bits per heavy atom. The zero-order valence-corrected chi connectivity index (χ0v) is 20.7. The average molecular weight is 545 g/mol. The van der Waals surface area contributed by atoms with Gasteiger partial charge in [0.25, 0.3) is 5.91 Å². The molecule has 2 rings (SSSR count). The minimum Gasteiger partial charge on any atom is -0.492 e. The third-order valence-electron chi connectivity index (χ3n) is 4.27. The maximum atomic E-state index is 11.8. The van der Waals surface area contributed by atoms with Crippen molar-refractivity contribution in [2.45, 2.75) is 13.3 Å². The van der Waals surface area contributed by atoms with Gasteiger partial charge in [-0.25, -0.2) is 0 Å². The minimum atomic E-state index is -0.0804. The van der Waals surface area contributed by atoms with Crippen molar-refractivity contribution in [3.05, 3.63) is 64.7 Å². The number of guanidine groups is 1. The summed E-state index contributed by atoms with van der Waals surface area (Å²) in [4.78, 5) is 18.5. The van der Waals surface area contributed by atoms with Crippen molar-refractivity contribution in [2.24, 2.45) is 4.99 Å². The number of hydrogen-bond acceptors (Lipinski definition) is 3. The fraction of sp³-hybridized carbons (Fsp3) is 0.364. The van der Waals surface area contributed by atoms with Crippen molar-refractivity contribution in [1.82, 2.24) is 15.5 Å². The number of nitrogens with one attached hydrogen (secondary N) is 2. The van der Waals surface area contributed by atoms with Crippen LogP contribution in [0.1, 0.15) is 22.8 Å². The highest BCUT2D eigenvalue weighted by molar-refractivity contribution is 14.0. The molecule has 0 saturated carbocycles. The van der Waals surface area contributed by atoms with Crippen molar-refractivity contribution >= 4 is 47.4 Å². The Morgan fingerprint density at radius 2 is 1.97 bits per heavy atom. The number of likely N-dealkylation sites (N-methyl/N-ethyl adjacent to an activating group) is 1. The van der Waals surface area contributed by atoms with Crippen molar-refractivity contribution < 1.29 is 9.53 Å². The predicted octanol–water partition coefficient (Wildman–Crippen LogP) is 3.84. The molecule has 0 aliphatic heterocycles. The second-order valence-electron chi connectivity index (χ2n) is 6.49. The SMILES string of the molecule is CCNC(=NCCc1cccc(C(=O)NC)c1)N(C)CCOc1cccc(Cl)c1.I. The highest BCUT2D eigenvalue weighted by Gasteiger charge is 2.07. The number of amides is 1. The lowest BCUT2D eigenvalue weighted by Gasteiger charge is -2.22. The molecule has 0 heterocycles. The van der Waals surface area contributed by atoms with Crippen molar-refractivity contribution in [2.75, 3.05) is 40.3 Å². The quantitative estimate of drug-likeness (QED) is 0.286. The molecule has 1 amide bonds. The fourth-order valence-corrected chi connectivity index (χ4v) is 2.92. The van der Waals surface area contributed by atoms with Crippen LogP contribution >= 0.6 is 35.6 Å². The smallest absolute Gasteiger partial charge is 0.251 e. The zero-order chi connectivity index (χ0) is 21.1. The summed E-state index contributed by atoms with van der Waals surface area (Å²) in [7, 11) is 3.61. The Bertz CT molecular complexity index is 832. The predicted molar refractivity (Wildman–Crippen MR) is 135 cm³/mol. The summed E-state index contributed by atoms with van der Waals surface area (Å²) in [5, 5.41) is 6.61. The standard InChI is InChI=1S/C22H29ClN4O2.HI/c1-4-25-22(27(3)13-14-29-20-10-6-9-19(23)16-20)26-12-11-17-7-5-8-18(15-17)21(28)24-2;/h5-10,15-16H,4,11-14H2,1-3H3,(H,24,28)(H,25,26);1H. The van der Waals surface area contributed by atoms with Gasteiger partial charge < -0.3 is 20.3 Å². The molecule has 2 aromatic rings. The van der Waals surface area contributed by atoms with Gasteiger partial charge in [0, 0.05) is 37.8 Å². The number of hydrogen-bond donors (Lipinski definition) is 2. The average Bonchev–Trinajstić information content (AvgIpc) is 2.72. The van der Waals surface area contributed by atoms with Gasteiger partial charge in [-0.2, -0.15) is 0 Å². The second-order valence-corrected chi connectivity index (χ2v) is 6.93. The molecule has 8 heteroatoms. The lowest BCUT2D eigenvalue weighted by molar-refractivity contribution is 0.0963. The normalized spacial score (nSPS) is 10.7. The van der Waals surface area contributed by atoms with E-state index in [9.17, 15) is 4.79 Å². The van der Waals surface area contributed by atoms with Gasteiger partial charge >= 0.3 is 0 Å². The first-order chi connectivity index (χ1) is 14.0. The van der Waals surface area contributed by atoms with Gasteiger partial charge in [0.1, 0.15) is 12.4 Å². The maximum absolute atomic E-state index is 11.8. The molecule has 0 atom stereocenters. The Labute approximate surface area is 201 Å². The molecule has 0 unspecified atom stereocenters. The van der Waals surface area contributed by atoms with Gasteiger partial charge in [-0.05, 0) is 49.2 Å². The molecule has 0 radical (unpaired) electrons. The number of aliphatic imine (C=N–C) groups is 1. The van der Waals surface area contributed by atoms with Crippen LogP contribution in [0.25, 0.3) is 0 Å². The lowest BCUT2D eigenvalue weighted by atomic mass is 10.1. The molecule has 0 spiro atoms. The van der Waals surface area contributed by atoms with Crippen LogP contribution in [-0.2, 0) is 6.42 Å². The van der Waals surface area contributed by atoms with Gasteiger partial charge in [0.15, 0.2) is 5.96 Å². The molecule has 6 nitrogen and oxygen atoms in total. The number of benzene rings is 2. The van der Waals surface area contributed by atoms with Crippen LogP contribution in [0.2, 0.25) is 5.02 Å². The second kappa shape index (κ2) is 14.1. The summed E-state index contributed by atoms with van der Waals surface area (Å²) >= 11 is 5.98. The first kappa shape index (κ1) is 26.0. The van der Waals surface area contributed by atoms with Gasteiger partial charge in [-0.15, -0.1) is 24.0 Å². The van der Waals surface area contributed by atoms with E-state index < -0.39 is 0 Å². The lowest BCUT2D eigenvalue weighted by Crippen LogP contribution is -2.41. The van der Waals surface area contributed by atoms with Crippen LogP contribution in [0.5, 0.6) is 5.75 Å². The van der Waals surface area contributed by atoms with E-state index in [1.165, 1.54) is 0 Å². The summed E-state index contributed by atoms with van der Waals surface area (Å²) < 4.78 is 5.76. The maximum Gasteiger partial charge on any atom is 0.251 e. The van der Waals surface area contributed by atoms with Crippen LogP contribution in [0.3, 0.4) is 0 Å². The number of halogens is 2. The van der Waals surface area contributed by atoms with E-state index >= 15 is 0 Å². The topological polar surface area (TPSA) is 66.0 Å². The van der Waals surface area contributed by atoms with Gasteiger partial charge in [-0.3, -0.25) is 9.79 Å². The summed E-state index contributed by atoms with van der Waals surface area (Å²) in [6, 6.07) is 15.0. The first-order valence-electron chi connectivity index (χ1n) is 9.72. The number of rotatable bonds is 9. The van der Waals surface area contributed by atoms with E-state index in [1.807, 2.05) is 61.3 Å². The Hall–Kier alpha value is -2.00. The summed E-state index contributed by atoms with van der Waals surface area (Å²) in [6.07, 6.45) is 0.757. The zero-order valence-electron chi connectivity index (χ0n) is 17.7. The first-order valence-corrected chi connectivity index (χ1v) is 10.1. The Morgan fingerprint density at radius 1 is 1.20 bits per heavy atom. The Balaban J connectivity index is 0.00000450. The molecule has 164 valence electrons. The van der Waals surface area contributed by atoms with E-state index in [4.69, 9.17) is 21.3 Å². The molecule has 0 aliphatic rings. The largest absolute Gasteiger partial charge is 0.492 e. The van der Waals surface area contributed by atoms with E-state index in [2.05, 4.69) is 10.6 Å². The Kier molecular flexibility index (Phi) is 12.2. The van der Waals surface area contributed by atoms with Crippen LogP contribution in [0.15, 0.2) is 53.5 Å². The van der Waals surface area contributed by atoms with Crippen LogP contribution in [0, 0.1) is 0 Å². The molecule has 0 aromatic heterocycles. The molecule has 2 aromatic carbocycles. The number of carbonyl (C=O) groups excluding carboxylic acids is 1. The van der Waals surface area contributed by atoms with Crippen LogP contribution in [0.4, 0.5) is 0 Å². The number of carbonyl (C=O) groups is 1. The van der Waals surface area contributed by atoms with Crippen LogP contribution in [-0.4, -0.2) is 57.1 Å². The van der Waals surface area contributed by atoms with E-state index in [0.717, 1.165) is 30.2 Å². The molecule has 0 aliphatic carbocycles. The van der Waals surface area contributed by atoms with Crippen molar-refractivity contribution in [3.63, 3.8) is 0 Å². The van der Waals surface area contributed by atoms with E-state index in [1.54, 1.807) is 13.1 Å². The molecule has 2 N–H and O–H groups in total. The molecular formula is C22H30ClIN4O2. The molecular weight excluding hydrogens is 515 g/mol. The van der Waals surface area contributed by atoms with E-state index in [0.29, 0.717) is 30.3 Å². The minimum absolute atomic E-state index is 0. The number of nitrogens with zero attached hydrogens (tertiary/aromatic N) is 2. The van der Waals surface area contributed by atoms with Gasteiger partial charge in [0.05, 0.1) is 6.54 Å². The van der Waals surface area contributed by atoms with Crippen molar-refractivity contribution in [1.29, 1.82) is 0 Å². The third-order valence-corrected chi connectivity index (χ3v) is 4.50. The van der Waals surface area contributed by atoms with Crippen LogP contribution < -0.4 is 15.4 Å². The number of ether oxygens (including phenoxy) is 1. The molecule has 0 saturated heterocycles.